The number of carboxylic acids is 1. The zero-order valence-corrected chi connectivity index (χ0v) is 8.36. The van der Waals surface area contributed by atoms with E-state index in [1.54, 1.807) is 0 Å². The van der Waals surface area contributed by atoms with Crippen molar-refractivity contribution < 1.29 is 9.90 Å². The van der Waals surface area contributed by atoms with E-state index in [1.807, 2.05) is 30.3 Å². The summed E-state index contributed by atoms with van der Waals surface area (Å²) >= 11 is 0. The lowest BCUT2D eigenvalue weighted by Gasteiger charge is -1.92. The molecule has 2 nitrogen and oxygen atoms in total. The van der Waals surface area contributed by atoms with Crippen LogP contribution in [0.25, 0.3) is 0 Å². The van der Waals surface area contributed by atoms with Crippen LogP contribution in [0.1, 0.15) is 18.4 Å². The van der Waals surface area contributed by atoms with Crippen LogP contribution in [-0.4, -0.2) is 11.1 Å². The van der Waals surface area contributed by atoms with Gasteiger partial charge in [-0.05, 0) is 24.1 Å². The first-order valence-corrected chi connectivity index (χ1v) is 4.65. The number of allylic oxidation sites excluding steroid dienone is 1. The van der Waals surface area contributed by atoms with Gasteiger partial charge in [-0.15, -0.1) is 0 Å². The smallest absolute Gasteiger partial charge is 0.303 e. The molecule has 0 aliphatic carbocycles. The van der Waals surface area contributed by atoms with Crippen LogP contribution >= 0.6 is 0 Å². The van der Waals surface area contributed by atoms with E-state index in [4.69, 9.17) is 5.11 Å². The monoisotopic (exact) mass is 200 g/mol. The van der Waals surface area contributed by atoms with Crippen molar-refractivity contribution in [2.75, 3.05) is 0 Å². The van der Waals surface area contributed by atoms with E-state index in [0.717, 1.165) is 5.56 Å². The average Bonchev–Trinajstić information content (AvgIpc) is 2.25. The zero-order valence-electron chi connectivity index (χ0n) is 8.36. The molecule has 1 N–H and O–H groups in total. The lowest BCUT2D eigenvalue weighted by atomic mass is 10.1. The minimum Gasteiger partial charge on any atom is -0.481 e. The maximum Gasteiger partial charge on any atom is 0.303 e. The van der Waals surface area contributed by atoms with Gasteiger partial charge in [0.1, 0.15) is 0 Å². The summed E-state index contributed by atoms with van der Waals surface area (Å²) in [5, 5.41) is 8.46. The first-order chi connectivity index (χ1) is 7.18. The normalized spacial score (nSPS) is 8.80. The number of hydrogen-bond acceptors (Lipinski definition) is 1. The second kappa shape index (κ2) is 5.66. The molecule has 2 heteroatoms. The SMILES string of the molecule is C=C(C#Cc1ccccc1)CCC(=O)O. The van der Waals surface area contributed by atoms with E-state index in [-0.39, 0.29) is 6.42 Å². The third-order valence-electron chi connectivity index (χ3n) is 1.80. The van der Waals surface area contributed by atoms with Crippen molar-refractivity contribution in [2.24, 2.45) is 0 Å². The minimum absolute atomic E-state index is 0.0856. The van der Waals surface area contributed by atoms with E-state index in [2.05, 4.69) is 18.4 Å². The van der Waals surface area contributed by atoms with Gasteiger partial charge < -0.3 is 5.11 Å². The molecular formula is C13H12O2. The summed E-state index contributed by atoms with van der Waals surface area (Å²) in [6, 6.07) is 9.54. The third kappa shape index (κ3) is 4.68. The third-order valence-corrected chi connectivity index (χ3v) is 1.80. The fraction of sp³-hybridized carbons (Fsp3) is 0.154. The molecule has 0 unspecified atom stereocenters. The van der Waals surface area contributed by atoms with E-state index in [1.165, 1.54) is 0 Å². The van der Waals surface area contributed by atoms with Gasteiger partial charge in [0, 0.05) is 12.0 Å². The number of aliphatic carboxylic acids is 1. The van der Waals surface area contributed by atoms with E-state index in [9.17, 15) is 4.79 Å². The van der Waals surface area contributed by atoms with Crippen LogP contribution in [-0.2, 0) is 4.79 Å². The Kier molecular flexibility index (Phi) is 4.18. The summed E-state index contributed by atoms with van der Waals surface area (Å²) in [5.41, 5.74) is 1.57. The molecule has 0 radical (unpaired) electrons. The predicted molar refractivity (Wildman–Crippen MR) is 59.3 cm³/mol. The molecule has 1 rings (SSSR count). The quantitative estimate of drug-likeness (QED) is 0.761. The lowest BCUT2D eigenvalue weighted by Crippen LogP contribution is -1.94. The zero-order chi connectivity index (χ0) is 11.1. The Morgan fingerprint density at radius 2 is 1.93 bits per heavy atom. The number of benzene rings is 1. The van der Waals surface area contributed by atoms with Crippen molar-refractivity contribution in [3.63, 3.8) is 0 Å². The molecule has 0 saturated heterocycles. The summed E-state index contributed by atoms with van der Waals surface area (Å²) in [5.74, 6) is 4.95. The van der Waals surface area contributed by atoms with Gasteiger partial charge in [-0.25, -0.2) is 0 Å². The fourth-order valence-electron chi connectivity index (χ4n) is 1.00. The van der Waals surface area contributed by atoms with Crippen LogP contribution in [0.4, 0.5) is 0 Å². The molecule has 0 bridgehead atoms. The molecule has 0 amide bonds. The van der Waals surface area contributed by atoms with Crippen LogP contribution in [0.5, 0.6) is 0 Å². The number of hydrogen-bond donors (Lipinski definition) is 1. The van der Waals surface area contributed by atoms with E-state index in [0.29, 0.717) is 12.0 Å². The maximum absolute atomic E-state index is 10.3. The molecule has 0 fully saturated rings. The van der Waals surface area contributed by atoms with Gasteiger partial charge in [0.2, 0.25) is 0 Å². The largest absolute Gasteiger partial charge is 0.481 e. The summed E-state index contributed by atoms with van der Waals surface area (Å²) in [4.78, 5) is 10.3. The Bertz CT molecular complexity index is 407. The van der Waals surface area contributed by atoms with Crippen molar-refractivity contribution >= 4 is 5.97 Å². The molecule has 0 saturated carbocycles. The number of carbonyl (C=O) groups is 1. The Morgan fingerprint density at radius 1 is 1.27 bits per heavy atom. The minimum atomic E-state index is -0.822. The van der Waals surface area contributed by atoms with Gasteiger partial charge in [-0.3, -0.25) is 4.79 Å². The summed E-state index contributed by atoms with van der Waals surface area (Å²) in [7, 11) is 0. The van der Waals surface area contributed by atoms with Crippen LogP contribution in [0.3, 0.4) is 0 Å². The molecule has 0 spiro atoms. The first-order valence-electron chi connectivity index (χ1n) is 4.65. The highest BCUT2D eigenvalue weighted by molar-refractivity contribution is 5.67. The topological polar surface area (TPSA) is 37.3 Å². The van der Waals surface area contributed by atoms with Crippen LogP contribution < -0.4 is 0 Å². The predicted octanol–water partition coefficient (Wildman–Crippen LogP) is 2.46. The average molecular weight is 200 g/mol. The molecule has 1 aromatic carbocycles. The second-order valence-electron chi connectivity index (χ2n) is 3.11. The van der Waals surface area contributed by atoms with E-state index >= 15 is 0 Å². The maximum atomic E-state index is 10.3. The van der Waals surface area contributed by atoms with Crippen molar-refractivity contribution in [3.05, 3.63) is 48.0 Å². The van der Waals surface area contributed by atoms with Gasteiger partial charge in [0.15, 0.2) is 0 Å². The van der Waals surface area contributed by atoms with Crippen LogP contribution in [0, 0.1) is 11.8 Å². The molecule has 0 heterocycles. The van der Waals surface area contributed by atoms with Crippen LogP contribution in [0.2, 0.25) is 0 Å². The summed E-state index contributed by atoms with van der Waals surface area (Å²) in [6.45, 7) is 3.70. The Morgan fingerprint density at radius 3 is 2.53 bits per heavy atom. The molecular weight excluding hydrogens is 188 g/mol. The van der Waals surface area contributed by atoms with Gasteiger partial charge in [-0.2, -0.15) is 0 Å². The van der Waals surface area contributed by atoms with Crippen molar-refractivity contribution in [3.8, 4) is 11.8 Å². The molecule has 0 aliphatic heterocycles. The number of rotatable bonds is 3. The van der Waals surface area contributed by atoms with Gasteiger partial charge >= 0.3 is 5.97 Å². The standard InChI is InChI=1S/C13H12O2/c1-11(8-10-13(14)15)7-9-12-5-3-2-4-6-12/h2-6H,1,8,10H2,(H,14,15). The number of carboxylic acid groups (broad SMARTS) is 1. The summed E-state index contributed by atoms with van der Waals surface area (Å²) < 4.78 is 0. The van der Waals surface area contributed by atoms with Crippen molar-refractivity contribution in [2.45, 2.75) is 12.8 Å². The second-order valence-corrected chi connectivity index (χ2v) is 3.11. The Hall–Kier alpha value is -2.01. The van der Waals surface area contributed by atoms with E-state index < -0.39 is 5.97 Å². The molecule has 76 valence electrons. The fourth-order valence-corrected chi connectivity index (χ4v) is 1.00. The van der Waals surface area contributed by atoms with Crippen LogP contribution in [0.15, 0.2) is 42.5 Å². The highest BCUT2D eigenvalue weighted by atomic mass is 16.4. The molecule has 0 atom stereocenters. The van der Waals surface area contributed by atoms with Gasteiger partial charge in [0.25, 0.3) is 0 Å². The Labute approximate surface area is 89.3 Å². The summed E-state index contributed by atoms with van der Waals surface area (Å²) in [6.07, 6.45) is 0.497. The Balaban J connectivity index is 2.51. The molecule has 0 aromatic heterocycles. The lowest BCUT2D eigenvalue weighted by molar-refractivity contribution is -0.136. The molecule has 0 aliphatic rings. The van der Waals surface area contributed by atoms with Crippen molar-refractivity contribution in [1.29, 1.82) is 0 Å². The van der Waals surface area contributed by atoms with Gasteiger partial charge in [0.05, 0.1) is 0 Å². The molecule has 15 heavy (non-hydrogen) atoms. The highest BCUT2D eigenvalue weighted by Gasteiger charge is 1.96. The van der Waals surface area contributed by atoms with Crippen molar-refractivity contribution in [1.82, 2.24) is 0 Å². The highest BCUT2D eigenvalue weighted by Crippen LogP contribution is 2.02. The first kappa shape index (κ1) is 11.1. The molecule has 1 aromatic rings. The van der Waals surface area contributed by atoms with Gasteiger partial charge in [-0.1, -0.05) is 36.6 Å².